The third kappa shape index (κ3) is 4.30. The number of nitrogens with one attached hydrogen (secondary N) is 2. The molecule has 7 heteroatoms. The number of rotatable bonds is 6. The van der Waals surface area contributed by atoms with Crippen LogP contribution in [0.15, 0.2) is 85.1 Å². The SMILES string of the molecule is Nc1c(NC(=O)NCCc2ccccn2)c(-c2ccccc2)nn1-c1ccccc1. The Kier molecular flexibility index (Phi) is 5.70. The molecular weight excluding hydrogens is 376 g/mol. The number of urea groups is 1. The lowest BCUT2D eigenvalue weighted by Gasteiger charge is -2.09. The average Bonchev–Trinajstić information content (AvgIpc) is 3.12. The molecule has 0 spiro atoms. The molecule has 0 bridgehead atoms. The van der Waals surface area contributed by atoms with E-state index >= 15 is 0 Å². The van der Waals surface area contributed by atoms with Crippen LogP contribution in [0, 0.1) is 0 Å². The summed E-state index contributed by atoms with van der Waals surface area (Å²) in [4.78, 5) is 16.8. The maximum absolute atomic E-state index is 12.5. The first-order valence-electron chi connectivity index (χ1n) is 9.66. The summed E-state index contributed by atoms with van der Waals surface area (Å²) in [6.45, 7) is 0.455. The van der Waals surface area contributed by atoms with Crippen molar-refractivity contribution in [3.05, 3.63) is 90.8 Å². The number of nitrogen functional groups attached to an aromatic ring is 1. The highest BCUT2D eigenvalue weighted by molar-refractivity contribution is 5.97. The Morgan fingerprint density at radius 1 is 0.933 bits per heavy atom. The van der Waals surface area contributed by atoms with Crippen LogP contribution in [0.1, 0.15) is 5.69 Å². The van der Waals surface area contributed by atoms with Crippen LogP contribution in [0.3, 0.4) is 0 Å². The Hall–Kier alpha value is -4.13. The fourth-order valence-electron chi connectivity index (χ4n) is 3.13. The van der Waals surface area contributed by atoms with Gasteiger partial charge in [0.2, 0.25) is 0 Å². The van der Waals surface area contributed by atoms with Gasteiger partial charge < -0.3 is 16.4 Å². The minimum Gasteiger partial charge on any atom is -0.382 e. The number of nitrogens with two attached hydrogens (primary N) is 1. The van der Waals surface area contributed by atoms with Crippen molar-refractivity contribution in [2.24, 2.45) is 0 Å². The van der Waals surface area contributed by atoms with Crippen LogP contribution in [-0.2, 0) is 6.42 Å². The summed E-state index contributed by atoms with van der Waals surface area (Å²) >= 11 is 0. The minimum atomic E-state index is -0.345. The third-order valence-corrected chi connectivity index (χ3v) is 4.60. The molecule has 2 aromatic heterocycles. The molecule has 7 nitrogen and oxygen atoms in total. The number of para-hydroxylation sites is 1. The molecule has 4 N–H and O–H groups in total. The van der Waals surface area contributed by atoms with Crippen LogP contribution in [-0.4, -0.2) is 27.3 Å². The lowest BCUT2D eigenvalue weighted by atomic mass is 10.1. The van der Waals surface area contributed by atoms with Crippen molar-refractivity contribution >= 4 is 17.5 Å². The largest absolute Gasteiger partial charge is 0.382 e. The second-order valence-corrected chi connectivity index (χ2v) is 6.67. The van der Waals surface area contributed by atoms with Gasteiger partial charge in [0.05, 0.1) is 5.69 Å². The van der Waals surface area contributed by atoms with Crippen LogP contribution in [0.25, 0.3) is 16.9 Å². The Labute approximate surface area is 174 Å². The first-order chi connectivity index (χ1) is 14.7. The molecule has 2 amide bonds. The lowest BCUT2D eigenvalue weighted by Crippen LogP contribution is -2.31. The van der Waals surface area contributed by atoms with Crippen LogP contribution in [0.2, 0.25) is 0 Å². The van der Waals surface area contributed by atoms with E-state index < -0.39 is 0 Å². The number of carbonyl (C=O) groups is 1. The Balaban J connectivity index is 1.56. The number of hydrogen-bond acceptors (Lipinski definition) is 4. The number of nitrogens with zero attached hydrogens (tertiary/aromatic N) is 3. The number of amides is 2. The smallest absolute Gasteiger partial charge is 0.319 e. The monoisotopic (exact) mass is 398 g/mol. The molecule has 0 aliphatic rings. The van der Waals surface area contributed by atoms with Gasteiger partial charge in [-0.3, -0.25) is 4.98 Å². The van der Waals surface area contributed by atoms with Gasteiger partial charge in [-0.15, -0.1) is 0 Å². The molecule has 2 heterocycles. The maximum atomic E-state index is 12.5. The number of aromatic nitrogens is 3. The first kappa shape index (κ1) is 19.2. The highest BCUT2D eigenvalue weighted by Gasteiger charge is 2.20. The van der Waals surface area contributed by atoms with Crippen molar-refractivity contribution < 1.29 is 4.79 Å². The summed E-state index contributed by atoms with van der Waals surface area (Å²) in [7, 11) is 0. The third-order valence-electron chi connectivity index (χ3n) is 4.60. The van der Waals surface area contributed by atoms with Crippen molar-refractivity contribution in [1.82, 2.24) is 20.1 Å². The summed E-state index contributed by atoms with van der Waals surface area (Å²) < 4.78 is 1.63. The van der Waals surface area contributed by atoms with E-state index in [4.69, 9.17) is 5.73 Å². The normalized spacial score (nSPS) is 10.5. The van der Waals surface area contributed by atoms with Crippen LogP contribution < -0.4 is 16.4 Å². The van der Waals surface area contributed by atoms with Crippen LogP contribution >= 0.6 is 0 Å². The molecule has 0 fully saturated rings. The minimum absolute atomic E-state index is 0.345. The Bertz CT molecular complexity index is 1110. The maximum Gasteiger partial charge on any atom is 0.319 e. The zero-order chi connectivity index (χ0) is 20.8. The zero-order valence-electron chi connectivity index (χ0n) is 16.3. The molecule has 0 atom stereocenters. The molecular formula is C23H22N6O. The van der Waals surface area contributed by atoms with Crippen molar-refractivity contribution in [2.45, 2.75) is 6.42 Å². The van der Waals surface area contributed by atoms with Crippen molar-refractivity contribution in [3.8, 4) is 16.9 Å². The summed E-state index contributed by atoms with van der Waals surface area (Å²) in [6, 6.07) is 24.6. The quantitative estimate of drug-likeness (QED) is 0.459. The molecule has 0 aliphatic heterocycles. The molecule has 0 saturated heterocycles. The van der Waals surface area contributed by atoms with Gasteiger partial charge in [-0.25, -0.2) is 9.48 Å². The van der Waals surface area contributed by atoms with Crippen molar-refractivity contribution in [2.75, 3.05) is 17.6 Å². The van der Waals surface area contributed by atoms with E-state index in [2.05, 4.69) is 20.7 Å². The molecule has 0 unspecified atom stereocenters. The van der Waals surface area contributed by atoms with Crippen LogP contribution in [0.4, 0.5) is 16.3 Å². The van der Waals surface area contributed by atoms with Gasteiger partial charge in [0.15, 0.2) is 5.82 Å². The van der Waals surface area contributed by atoms with Gasteiger partial charge in [-0.1, -0.05) is 54.6 Å². The average molecular weight is 398 g/mol. The molecule has 4 rings (SSSR count). The van der Waals surface area contributed by atoms with E-state index in [9.17, 15) is 4.79 Å². The molecule has 150 valence electrons. The number of hydrogen-bond donors (Lipinski definition) is 3. The molecule has 0 aliphatic carbocycles. The van der Waals surface area contributed by atoms with Gasteiger partial charge in [0.25, 0.3) is 0 Å². The van der Waals surface area contributed by atoms with E-state index in [0.29, 0.717) is 30.2 Å². The standard InChI is InChI=1S/C23H22N6O/c24-22-21(27-23(30)26-16-14-18-11-7-8-15-25-18)20(17-9-3-1-4-10-17)28-29(22)19-12-5-2-6-13-19/h1-13,15H,14,16,24H2,(H2,26,27,30). The fraction of sp³-hybridized carbons (Fsp3) is 0.0870. The summed E-state index contributed by atoms with van der Waals surface area (Å²) in [5.41, 5.74) is 10.1. The van der Waals surface area contributed by atoms with Crippen molar-refractivity contribution in [1.29, 1.82) is 0 Å². The number of pyridine rings is 1. The van der Waals surface area contributed by atoms with E-state index in [0.717, 1.165) is 16.9 Å². The second-order valence-electron chi connectivity index (χ2n) is 6.67. The first-order valence-corrected chi connectivity index (χ1v) is 9.66. The van der Waals surface area contributed by atoms with Gasteiger partial charge in [0, 0.05) is 30.4 Å². The number of anilines is 2. The Morgan fingerprint density at radius 2 is 1.63 bits per heavy atom. The Morgan fingerprint density at radius 3 is 2.33 bits per heavy atom. The highest BCUT2D eigenvalue weighted by atomic mass is 16.2. The highest BCUT2D eigenvalue weighted by Crippen LogP contribution is 2.33. The van der Waals surface area contributed by atoms with E-state index in [1.165, 1.54) is 0 Å². The topological polar surface area (TPSA) is 97.9 Å². The van der Waals surface area contributed by atoms with E-state index in [1.54, 1.807) is 10.9 Å². The van der Waals surface area contributed by atoms with E-state index in [-0.39, 0.29) is 6.03 Å². The lowest BCUT2D eigenvalue weighted by molar-refractivity contribution is 0.252. The van der Waals surface area contributed by atoms with Gasteiger partial charge >= 0.3 is 6.03 Å². The van der Waals surface area contributed by atoms with Gasteiger partial charge in [-0.05, 0) is 24.3 Å². The molecule has 0 saturated carbocycles. The van der Waals surface area contributed by atoms with Gasteiger partial charge in [0.1, 0.15) is 11.4 Å². The molecule has 0 radical (unpaired) electrons. The summed E-state index contributed by atoms with van der Waals surface area (Å²) in [5.74, 6) is 0.361. The summed E-state index contributed by atoms with van der Waals surface area (Å²) in [5, 5.41) is 10.4. The van der Waals surface area contributed by atoms with E-state index in [1.807, 2.05) is 78.9 Å². The van der Waals surface area contributed by atoms with Gasteiger partial charge in [-0.2, -0.15) is 5.10 Å². The fourth-order valence-corrected chi connectivity index (χ4v) is 3.13. The second kappa shape index (κ2) is 8.91. The van der Waals surface area contributed by atoms with Crippen LogP contribution in [0.5, 0.6) is 0 Å². The molecule has 30 heavy (non-hydrogen) atoms. The zero-order valence-corrected chi connectivity index (χ0v) is 16.3. The molecule has 2 aromatic carbocycles. The summed E-state index contributed by atoms with van der Waals surface area (Å²) in [6.07, 6.45) is 2.37. The predicted molar refractivity (Wildman–Crippen MR) is 118 cm³/mol. The van der Waals surface area contributed by atoms with Crippen molar-refractivity contribution in [3.63, 3.8) is 0 Å². The molecule has 4 aromatic rings. The number of benzene rings is 2. The predicted octanol–water partition coefficient (Wildman–Crippen LogP) is 3.88. The number of carbonyl (C=O) groups excluding carboxylic acids is 1.